The SMILES string of the molecule is CC(C)N(C(=O)O)C1CCC(c2ncc(-c3ccc(NC(=O)NCc4ncccc4F)cc3S(=O)(=O)NC(C)(C)C)s2)CC1. The van der Waals surface area contributed by atoms with Crippen LogP contribution in [-0.4, -0.2) is 58.1 Å². The Morgan fingerprint density at radius 2 is 1.84 bits per heavy atom. The highest BCUT2D eigenvalue weighted by Gasteiger charge is 2.32. The van der Waals surface area contributed by atoms with Crippen molar-refractivity contribution in [2.75, 3.05) is 5.32 Å². The van der Waals surface area contributed by atoms with Crippen LogP contribution in [0.15, 0.2) is 47.6 Å². The molecule has 0 spiro atoms. The van der Waals surface area contributed by atoms with Crippen molar-refractivity contribution < 1.29 is 27.5 Å². The molecular formula is C30H39FN6O5S2. The van der Waals surface area contributed by atoms with Crippen molar-refractivity contribution in [2.45, 2.75) is 95.3 Å². The van der Waals surface area contributed by atoms with Crippen LogP contribution in [0.25, 0.3) is 10.4 Å². The summed E-state index contributed by atoms with van der Waals surface area (Å²) in [5, 5.41) is 15.7. The lowest BCUT2D eigenvalue weighted by Crippen LogP contribution is -2.45. The van der Waals surface area contributed by atoms with Crippen molar-refractivity contribution in [2.24, 2.45) is 0 Å². The van der Waals surface area contributed by atoms with Gasteiger partial charge in [-0.25, -0.2) is 32.1 Å². The van der Waals surface area contributed by atoms with E-state index in [2.05, 4.69) is 25.3 Å². The summed E-state index contributed by atoms with van der Waals surface area (Å²) < 4.78 is 43.7. The van der Waals surface area contributed by atoms with Gasteiger partial charge in [-0.15, -0.1) is 11.3 Å². The Morgan fingerprint density at radius 3 is 2.45 bits per heavy atom. The lowest BCUT2D eigenvalue weighted by molar-refractivity contribution is 0.0906. The number of benzene rings is 1. The zero-order valence-corrected chi connectivity index (χ0v) is 27.1. The van der Waals surface area contributed by atoms with Crippen molar-refractivity contribution in [1.29, 1.82) is 0 Å². The average Bonchev–Trinajstić information content (AvgIpc) is 3.42. The molecule has 1 saturated carbocycles. The first-order chi connectivity index (χ1) is 20.6. The third-order valence-electron chi connectivity index (χ3n) is 7.23. The van der Waals surface area contributed by atoms with E-state index >= 15 is 0 Å². The fourth-order valence-electron chi connectivity index (χ4n) is 5.37. The average molecular weight is 647 g/mol. The van der Waals surface area contributed by atoms with Gasteiger partial charge in [-0.2, -0.15) is 0 Å². The van der Waals surface area contributed by atoms with E-state index in [-0.39, 0.29) is 40.8 Å². The van der Waals surface area contributed by atoms with Crippen LogP contribution < -0.4 is 15.4 Å². The predicted octanol–water partition coefficient (Wildman–Crippen LogP) is 6.16. The number of carbonyl (C=O) groups is 2. The van der Waals surface area contributed by atoms with Gasteiger partial charge in [-0.3, -0.25) is 4.98 Å². The monoisotopic (exact) mass is 646 g/mol. The molecule has 1 aliphatic carbocycles. The van der Waals surface area contributed by atoms with Crippen LogP contribution in [0.2, 0.25) is 0 Å². The number of pyridine rings is 1. The summed E-state index contributed by atoms with van der Waals surface area (Å²) in [7, 11) is -4.03. The summed E-state index contributed by atoms with van der Waals surface area (Å²) >= 11 is 1.41. The molecule has 0 bridgehead atoms. The van der Waals surface area contributed by atoms with Crippen LogP contribution >= 0.6 is 11.3 Å². The van der Waals surface area contributed by atoms with Crippen LogP contribution in [0, 0.1) is 5.82 Å². The molecule has 4 N–H and O–H groups in total. The first-order valence-corrected chi connectivity index (χ1v) is 16.7. The highest BCUT2D eigenvalue weighted by atomic mass is 32.2. The third kappa shape index (κ3) is 8.30. The van der Waals surface area contributed by atoms with Crippen molar-refractivity contribution in [3.63, 3.8) is 0 Å². The number of amides is 3. The summed E-state index contributed by atoms with van der Waals surface area (Å²) in [5.74, 6) is -0.400. The van der Waals surface area contributed by atoms with Crippen LogP contribution in [0.4, 0.5) is 19.7 Å². The fourth-order valence-corrected chi connectivity index (χ4v) is 8.23. The summed E-state index contributed by atoms with van der Waals surface area (Å²) in [6, 6.07) is 6.53. The van der Waals surface area contributed by atoms with Gasteiger partial charge in [-0.05, 0) is 84.6 Å². The molecular weight excluding hydrogens is 607 g/mol. The van der Waals surface area contributed by atoms with Crippen molar-refractivity contribution in [3.8, 4) is 10.4 Å². The lowest BCUT2D eigenvalue weighted by Gasteiger charge is -2.37. The van der Waals surface area contributed by atoms with Crippen LogP contribution in [0.1, 0.15) is 76.9 Å². The fraction of sp³-hybridized carbons (Fsp3) is 0.467. The molecule has 1 aliphatic rings. The number of anilines is 1. The minimum absolute atomic E-state index is 0.0195. The largest absolute Gasteiger partial charge is 0.465 e. The number of rotatable bonds is 9. The lowest BCUT2D eigenvalue weighted by atomic mass is 9.85. The van der Waals surface area contributed by atoms with Crippen LogP contribution in [0.5, 0.6) is 0 Å². The maximum absolute atomic E-state index is 13.9. The number of thiazole rings is 1. The Labute approximate surface area is 261 Å². The van der Waals surface area contributed by atoms with Crippen molar-refractivity contribution >= 4 is 39.2 Å². The maximum Gasteiger partial charge on any atom is 0.407 e. The minimum Gasteiger partial charge on any atom is -0.465 e. The van der Waals surface area contributed by atoms with Gasteiger partial charge >= 0.3 is 12.1 Å². The zero-order valence-electron chi connectivity index (χ0n) is 25.4. The molecule has 2 heterocycles. The van der Waals surface area contributed by atoms with Gasteiger partial charge in [0.2, 0.25) is 10.0 Å². The van der Waals surface area contributed by atoms with Crippen molar-refractivity contribution in [3.05, 3.63) is 59.2 Å². The summed E-state index contributed by atoms with van der Waals surface area (Å²) in [5.41, 5.74) is -0.0129. The second-order valence-electron chi connectivity index (χ2n) is 12.2. The first-order valence-electron chi connectivity index (χ1n) is 14.4. The molecule has 4 rings (SSSR count). The molecule has 0 radical (unpaired) electrons. The highest BCUT2D eigenvalue weighted by Crippen LogP contribution is 2.41. The Bertz CT molecular complexity index is 1600. The Kier molecular flexibility index (Phi) is 10.3. The highest BCUT2D eigenvalue weighted by molar-refractivity contribution is 7.89. The first kappa shape index (κ1) is 33.3. The molecule has 0 aliphatic heterocycles. The molecule has 0 unspecified atom stereocenters. The van der Waals surface area contributed by atoms with E-state index in [4.69, 9.17) is 0 Å². The quantitative estimate of drug-likeness (QED) is 0.217. The van der Waals surface area contributed by atoms with Gasteiger partial charge in [0.15, 0.2) is 0 Å². The normalized spacial score (nSPS) is 17.3. The zero-order chi connectivity index (χ0) is 32.2. The number of hydrogen-bond acceptors (Lipinski definition) is 7. The van der Waals surface area contributed by atoms with Gasteiger partial charge in [0.25, 0.3) is 0 Å². The Morgan fingerprint density at radius 1 is 1.14 bits per heavy atom. The Balaban J connectivity index is 1.55. The molecule has 1 aromatic carbocycles. The molecule has 2 aromatic heterocycles. The van der Waals surface area contributed by atoms with Gasteiger partial charge < -0.3 is 20.6 Å². The van der Waals surface area contributed by atoms with Crippen LogP contribution in [-0.2, 0) is 16.6 Å². The molecule has 44 heavy (non-hydrogen) atoms. The number of carbonyl (C=O) groups excluding carboxylic acids is 1. The Hall–Kier alpha value is -3.62. The number of nitrogens with one attached hydrogen (secondary N) is 3. The number of hydrogen-bond donors (Lipinski definition) is 4. The van der Waals surface area contributed by atoms with E-state index < -0.39 is 33.5 Å². The van der Waals surface area contributed by atoms with Crippen molar-refractivity contribution in [1.82, 2.24) is 24.9 Å². The number of halogens is 1. The number of urea groups is 1. The topological polar surface area (TPSA) is 154 Å². The number of carboxylic acid groups (broad SMARTS) is 1. The smallest absolute Gasteiger partial charge is 0.407 e. The molecule has 3 amide bonds. The summed E-state index contributed by atoms with van der Waals surface area (Å²) in [4.78, 5) is 35.0. The molecule has 0 atom stereocenters. The molecule has 1 fully saturated rings. The van der Waals surface area contributed by atoms with E-state index in [9.17, 15) is 27.5 Å². The summed E-state index contributed by atoms with van der Waals surface area (Å²) in [6.45, 7) is 8.83. The van der Waals surface area contributed by atoms with E-state index in [0.717, 1.165) is 30.7 Å². The van der Waals surface area contributed by atoms with E-state index in [1.54, 1.807) is 39.1 Å². The van der Waals surface area contributed by atoms with Gasteiger partial charge in [0.05, 0.1) is 27.0 Å². The standard InChI is InChI=1S/C30H39FN6O5S2/c1-18(2)37(29(39)40)21-11-8-19(9-12-21)27-33-17-25(43-27)22-13-10-20(15-26(22)44(41,42)36-30(3,4)5)35-28(38)34-16-24-23(31)7-6-14-32-24/h6-7,10,13-15,17-19,21,36H,8-9,11-12,16H2,1-5H3,(H,39,40)(H2,34,35,38). The van der Waals surface area contributed by atoms with Crippen LogP contribution in [0.3, 0.4) is 0 Å². The van der Waals surface area contributed by atoms with Gasteiger partial charge in [-0.1, -0.05) is 6.07 Å². The second-order valence-corrected chi connectivity index (χ2v) is 14.9. The predicted molar refractivity (Wildman–Crippen MR) is 168 cm³/mol. The molecule has 14 heteroatoms. The minimum atomic E-state index is -4.03. The molecule has 3 aromatic rings. The van der Waals surface area contributed by atoms with Gasteiger partial charge in [0, 0.05) is 47.2 Å². The molecule has 238 valence electrons. The number of aromatic nitrogens is 2. The number of nitrogens with zero attached hydrogens (tertiary/aromatic N) is 3. The molecule has 11 nitrogen and oxygen atoms in total. The molecule has 0 saturated heterocycles. The number of sulfonamides is 1. The van der Waals surface area contributed by atoms with E-state index in [1.165, 1.54) is 40.6 Å². The third-order valence-corrected chi connectivity index (χ3v) is 10.2. The van der Waals surface area contributed by atoms with Gasteiger partial charge in [0.1, 0.15) is 5.82 Å². The summed E-state index contributed by atoms with van der Waals surface area (Å²) in [6.07, 6.45) is 5.21. The second kappa shape index (κ2) is 13.6. The van der Waals surface area contributed by atoms with E-state index in [1.807, 2.05) is 13.8 Å². The van der Waals surface area contributed by atoms with E-state index in [0.29, 0.717) is 10.4 Å². The maximum atomic E-state index is 13.9.